The van der Waals surface area contributed by atoms with Gasteiger partial charge in [-0.3, -0.25) is 0 Å². The van der Waals surface area contributed by atoms with Crippen LogP contribution in [0.25, 0.3) is 65.8 Å². The summed E-state index contributed by atoms with van der Waals surface area (Å²) in [5.41, 5.74) is 10.5. The molecule has 0 saturated heterocycles. The van der Waals surface area contributed by atoms with Crippen molar-refractivity contribution in [2.24, 2.45) is 0 Å². The van der Waals surface area contributed by atoms with Gasteiger partial charge < -0.3 is 14.0 Å². The summed E-state index contributed by atoms with van der Waals surface area (Å²) in [6, 6.07) is 67.9. The predicted octanol–water partition coefficient (Wildman–Crippen LogP) is 12.5. The first-order valence-corrected chi connectivity index (χ1v) is 16.8. The molecule has 0 radical (unpaired) electrons. The van der Waals surface area contributed by atoms with Gasteiger partial charge in [-0.1, -0.05) is 109 Å². The zero-order chi connectivity index (χ0) is 32.3. The maximum absolute atomic E-state index is 2.42. The van der Waals surface area contributed by atoms with Crippen LogP contribution < -0.4 is 4.90 Å². The molecule has 0 saturated carbocycles. The predicted molar refractivity (Wildman–Crippen MR) is 207 cm³/mol. The zero-order valence-electron chi connectivity index (χ0n) is 26.7. The molecule has 0 bridgehead atoms. The van der Waals surface area contributed by atoms with Crippen LogP contribution in [0.5, 0.6) is 0 Å². The molecule has 10 aromatic rings. The quantitative estimate of drug-likeness (QED) is 0.185. The number of fused-ring (bicyclic) bond motifs is 8. The van der Waals surface area contributed by atoms with Crippen molar-refractivity contribution in [1.29, 1.82) is 0 Å². The van der Waals surface area contributed by atoms with E-state index >= 15 is 0 Å². The number of rotatable bonds is 5. The molecule has 0 unspecified atom stereocenters. The summed E-state index contributed by atoms with van der Waals surface area (Å²) in [6.07, 6.45) is 0. The van der Waals surface area contributed by atoms with Crippen molar-refractivity contribution >= 4 is 71.4 Å². The number of nitrogens with zero attached hydrogens (tertiary/aromatic N) is 3. The number of benzene rings is 8. The maximum Gasteiger partial charge on any atom is 0.0620 e. The van der Waals surface area contributed by atoms with E-state index in [1.165, 1.54) is 54.4 Å². The Kier molecular flexibility index (Phi) is 6.18. The fraction of sp³-hybridized carbons (Fsp3) is 0. The molecule has 2 heterocycles. The van der Waals surface area contributed by atoms with Crippen molar-refractivity contribution in [2.45, 2.75) is 0 Å². The largest absolute Gasteiger partial charge is 0.310 e. The Hall–Kier alpha value is -6.58. The zero-order valence-corrected chi connectivity index (χ0v) is 26.7. The Morgan fingerprint density at radius 3 is 1.43 bits per heavy atom. The standard InChI is InChI=1S/C46H31N3/c1-3-13-33(14-4-1)47(35-26-28-36(29-27-35)48-43-20-10-7-17-38(43)39-18-8-11-21-44(39)48)37-25-23-32-24-30-41-40-19-9-12-22-45(40)49(46(41)42(32)31-37)34-15-5-2-6-16-34/h1-31H. The normalized spacial score (nSPS) is 11.7. The molecule has 0 aliphatic carbocycles. The first-order valence-electron chi connectivity index (χ1n) is 16.8. The number of hydrogen-bond acceptors (Lipinski definition) is 1. The minimum atomic E-state index is 1.10. The van der Waals surface area contributed by atoms with Gasteiger partial charge >= 0.3 is 0 Å². The summed E-state index contributed by atoms with van der Waals surface area (Å²) < 4.78 is 4.79. The molecule has 0 amide bonds. The van der Waals surface area contributed by atoms with E-state index in [1.54, 1.807) is 0 Å². The lowest BCUT2D eigenvalue weighted by molar-refractivity contribution is 1.17. The van der Waals surface area contributed by atoms with E-state index in [-0.39, 0.29) is 0 Å². The van der Waals surface area contributed by atoms with Crippen LogP contribution in [0.2, 0.25) is 0 Å². The summed E-state index contributed by atoms with van der Waals surface area (Å²) >= 11 is 0. The van der Waals surface area contributed by atoms with Crippen LogP contribution >= 0.6 is 0 Å². The Morgan fingerprint density at radius 2 is 0.776 bits per heavy atom. The molecular formula is C46H31N3. The minimum Gasteiger partial charge on any atom is -0.310 e. The molecule has 0 N–H and O–H groups in total. The molecule has 0 aliphatic rings. The van der Waals surface area contributed by atoms with Gasteiger partial charge in [-0.2, -0.15) is 0 Å². The van der Waals surface area contributed by atoms with Gasteiger partial charge in [0.05, 0.1) is 22.1 Å². The Morgan fingerprint density at radius 1 is 0.306 bits per heavy atom. The van der Waals surface area contributed by atoms with Gasteiger partial charge in [0.25, 0.3) is 0 Å². The highest BCUT2D eigenvalue weighted by Gasteiger charge is 2.18. The van der Waals surface area contributed by atoms with E-state index in [2.05, 4.69) is 202 Å². The molecule has 3 nitrogen and oxygen atoms in total. The summed E-state index contributed by atoms with van der Waals surface area (Å²) in [4.78, 5) is 2.36. The second kappa shape index (κ2) is 11.0. The van der Waals surface area contributed by atoms with E-state index in [4.69, 9.17) is 0 Å². The van der Waals surface area contributed by atoms with E-state index in [0.29, 0.717) is 0 Å². The summed E-state index contributed by atoms with van der Waals surface area (Å²) in [5, 5.41) is 7.48. The Balaban J connectivity index is 1.18. The van der Waals surface area contributed by atoms with Crippen molar-refractivity contribution in [1.82, 2.24) is 9.13 Å². The molecule has 8 aromatic carbocycles. The van der Waals surface area contributed by atoms with Gasteiger partial charge in [0.15, 0.2) is 0 Å². The summed E-state index contributed by atoms with van der Waals surface area (Å²) in [6.45, 7) is 0. The topological polar surface area (TPSA) is 13.1 Å². The number of anilines is 3. The van der Waals surface area contributed by atoms with Gasteiger partial charge in [-0.25, -0.2) is 0 Å². The fourth-order valence-corrected chi connectivity index (χ4v) is 7.73. The number of hydrogen-bond donors (Lipinski definition) is 0. The lowest BCUT2D eigenvalue weighted by Gasteiger charge is -2.26. The van der Waals surface area contributed by atoms with Gasteiger partial charge in [0.2, 0.25) is 0 Å². The molecule has 0 atom stereocenters. The third-order valence-corrected chi connectivity index (χ3v) is 9.87. The third-order valence-electron chi connectivity index (χ3n) is 9.87. The van der Waals surface area contributed by atoms with Crippen molar-refractivity contribution in [2.75, 3.05) is 4.90 Å². The lowest BCUT2D eigenvalue weighted by Crippen LogP contribution is -2.10. The monoisotopic (exact) mass is 625 g/mol. The highest BCUT2D eigenvalue weighted by molar-refractivity contribution is 6.19. The van der Waals surface area contributed by atoms with Crippen LogP contribution in [-0.4, -0.2) is 9.13 Å². The van der Waals surface area contributed by atoms with E-state index < -0.39 is 0 Å². The molecule has 0 aliphatic heterocycles. The van der Waals surface area contributed by atoms with Crippen molar-refractivity contribution in [3.63, 3.8) is 0 Å². The van der Waals surface area contributed by atoms with Crippen molar-refractivity contribution < 1.29 is 0 Å². The lowest BCUT2D eigenvalue weighted by atomic mass is 10.0. The van der Waals surface area contributed by atoms with E-state index in [0.717, 1.165) is 28.4 Å². The second-order valence-corrected chi connectivity index (χ2v) is 12.6. The molecule has 49 heavy (non-hydrogen) atoms. The minimum absolute atomic E-state index is 1.10. The molecule has 10 rings (SSSR count). The Bertz CT molecular complexity index is 2750. The van der Waals surface area contributed by atoms with E-state index in [1.807, 2.05) is 0 Å². The highest BCUT2D eigenvalue weighted by Crippen LogP contribution is 2.41. The highest BCUT2D eigenvalue weighted by atomic mass is 15.1. The van der Waals surface area contributed by atoms with E-state index in [9.17, 15) is 0 Å². The van der Waals surface area contributed by atoms with Crippen molar-refractivity contribution in [3.8, 4) is 11.4 Å². The van der Waals surface area contributed by atoms with Gasteiger partial charge in [-0.15, -0.1) is 0 Å². The number of para-hydroxylation sites is 5. The molecule has 3 heteroatoms. The van der Waals surface area contributed by atoms with Gasteiger partial charge in [0, 0.05) is 55.4 Å². The maximum atomic E-state index is 2.42. The van der Waals surface area contributed by atoms with Crippen LogP contribution in [0.4, 0.5) is 17.1 Å². The van der Waals surface area contributed by atoms with Crippen LogP contribution in [0.3, 0.4) is 0 Å². The van der Waals surface area contributed by atoms with Crippen LogP contribution in [-0.2, 0) is 0 Å². The molecule has 0 fully saturated rings. The van der Waals surface area contributed by atoms with Gasteiger partial charge in [-0.05, 0) is 84.2 Å². The smallest absolute Gasteiger partial charge is 0.0620 e. The summed E-state index contributed by atoms with van der Waals surface area (Å²) in [7, 11) is 0. The average molecular weight is 626 g/mol. The van der Waals surface area contributed by atoms with Crippen molar-refractivity contribution in [3.05, 3.63) is 188 Å². The molecular weight excluding hydrogens is 595 g/mol. The fourth-order valence-electron chi connectivity index (χ4n) is 7.73. The van der Waals surface area contributed by atoms with Crippen LogP contribution in [0.1, 0.15) is 0 Å². The third kappa shape index (κ3) is 4.29. The molecule has 2 aromatic heterocycles. The number of aromatic nitrogens is 2. The van der Waals surface area contributed by atoms with Crippen LogP contribution in [0.15, 0.2) is 188 Å². The summed E-state index contributed by atoms with van der Waals surface area (Å²) in [5.74, 6) is 0. The van der Waals surface area contributed by atoms with Crippen LogP contribution in [0, 0.1) is 0 Å². The SMILES string of the molecule is c1ccc(N(c2ccc(-n3c4ccccc4c4ccccc43)cc2)c2ccc3ccc4c5ccccc5n(-c5ccccc5)c4c3c2)cc1. The Labute approximate surface area is 284 Å². The molecule has 0 spiro atoms. The molecule has 230 valence electrons. The second-order valence-electron chi connectivity index (χ2n) is 12.6. The first-order chi connectivity index (χ1) is 24.3. The van der Waals surface area contributed by atoms with Gasteiger partial charge in [0.1, 0.15) is 0 Å². The first kappa shape index (κ1) is 27.5. The average Bonchev–Trinajstić information content (AvgIpc) is 3.70.